The molecule has 3 N–H and O–H groups in total. The Bertz CT molecular complexity index is 367. The van der Waals surface area contributed by atoms with E-state index < -0.39 is 0 Å². The zero-order valence-electron chi connectivity index (χ0n) is 8.87. The number of nitrogens with two attached hydrogens (primary N) is 1. The molecule has 1 aromatic heterocycles. The minimum Gasteiger partial charge on any atom is -0.370 e. The van der Waals surface area contributed by atoms with E-state index in [0.29, 0.717) is 0 Å². The van der Waals surface area contributed by atoms with Crippen LogP contribution in [0.4, 0.5) is 5.82 Å². The van der Waals surface area contributed by atoms with Crippen molar-refractivity contribution in [3.8, 4) is 0 Å². The molecule has 0 bridgehead atoms. The first-order valence-corrected chi connectivity index (χ1v) is 5.77. The summed E-state index contributed by atoms with van der Waals surface area (Å²) in [6.45, 7) is 1.06. The summed E-state index contributed by atoms with van der Waals surface area (Å²) in [7, 11) is 0. The number of hydrogen-bond acceptors (Lipinski definition) is 3. The smallest absolute Gasteiger partial charge is 0.126 e. The molecule has 0 aliphatic heterocycles. The lowest BCUT2D eigenvalue weighted by atomic mass is 10.2. The molecule has 1 aromatic rings. The van der Waals surface area contributed by atoms with Gasteiger partial charge in [0.25, 0.3) is 0 Å². The van der Waals surface area contributed by atoms with E-state index in [9.17, 15) is 0 Å². The van der Waals surface area contributed by atoms with Crippen molar-refractivity contribution < 1.29 is 0 Å². The summed E-state index contributed by atoms with van der Waals surface area (Å²) in [5.41, 5.74) is 7.05. The minimum atomic E-state index is -0.114. The number of anilines is 1. The van der Waals surface area contributed by atoms with E-state index in [1.807, 2.05) is 18.2 Å². The lowest BCUT2D eigenvalue weighted by molar-refractivity contribution is 0.708. The molecule has 2 aliphatic rings. The highest BCUT2D eigenvalue weighted by Gasteiger charge is 2.41. The van der Waals surface area contributed by atoms with Gasteiger partial charge in [-0.05, 0) is 43.7 Å². The molecule has 2 saturated carbocycles. The fraction of sp³-hybridized carbons (Fsp3) is 0.583. The molecular formula is C12H17N3. The van der Waals surface area contributed by atoms with Crippen LogP contribution in [0.5, 0.6) is 0 Å². The van der Waals surface area contributed by atoms with Crippen LogP contribution >= 0.6 is 0 Å². The third-order valence-electron chi connectivity index (χ3n) is 3.32. The first-order chi connectivity index (χ1) is 7.26. The average Bonchev–Trinajstić information content (AvgIpc) is 3.12. The van der Waals surface area contributed by atoms with Gasteiger partial charge in [0.15, 0.2) is 0 Å². The van der Waals surface area contributed by atoms with Crippen LogP contribution in [0.3, 0.4) is 0 Å². The Labute approximate surface area is 90.1 Å². The molecule has 0 saturated heterocycles. The first-order valence-electron chi connectivity index (χ1n) is 5.77. The monoisotopic (exact) mass is 203 g/mol. The van der Waals surface area contributed by atoms with E-state index in [1.54, 1.807) is 0 Å². The Morgan fingerprint density at radius 2 is 2.20 bits per heavy atom. The summed E-state index contributed by atoms with van der Waals surface area (Å²) in [6, 6.07) is 6.11. The highest BCUT2D eigenvalue weighted by molar-refractivity contribution is 5.38. The molecule has 0 unspecified atom stereocenters. The third-order valence-corrected chi connectivity index (χ3v) is 3.32. The Kier molecular flexibility index (Phi) is 1.96. The summed E-state index contributed by atoms with van der Waals surface area (Å²) >= 11 is 0. The molecular weight excluding hydrogens is 186 g/mol. The molecule has 80 valence electrons. The molecule has 2 aliphatic carbocycles. The van der Waals surface area contributed by atoms with Crippen molar-refractivity contribution in [1.82, 2.24) is 4.98 Å². The third kappa shape index (κ3) is 1.97. The standard InChI is InChI=1S/C12H17N3/c13-12(6-7-12)10-2-1-3-11(15-10)14-8-9-4-5-9/h1-3,9H,4-8,13H2,(H,14,15). The molecule has 0 radical (unpaired) electrons. The van der Waals surface area contributed by atoms with Crippen molar-refractivity contribution in [2.24, 2.45) is 11.7 Å². The highest BCUT2D eigenvalue weighted by Crippen LogP contribution is 2.41. The van der Waals surface area contributed by atoms with Gasteiger partial charge in [-0.3, -0.25) is 0 Å². The number of pyridine rings is 1. The Morgan fingerprint density at radius 1 is 1.40 bits per heavy atom. The second kappa shape index (κ2) is 3.20. The van der Waals surface area contributed by atoms with Gasteiger partial charge < -0.3 is 11.1 Å². The normalized spacial score (nSPS) is 22.5. The first kappa shape index (κ1) is 9.16. The fourth-order valence-corrected chi connectivity index (χ4v) is 1.77. The lowest BCUT2D eigenvalue weighted by Gasteiger charge is -2.10. The summed E-state index contributed by atoms with van der Waals surface area (Å²) < 4.78 is 0. The van der Waals surface area contributed by atoms with Crippen LogP contribution in [-0.4, -0.2) is 11.5 Å². The van der Waals surface area contributed by atoms with E-state index in [-0.39, 0.29) is 5.54 Å². The molecule has 0 atom stereocenters. The van der Waals surface area contributed by atoms with Gasteiger partial charge in [-0.2, -0.15) is 0 Å². The van der Waals surface area contributed by atoms with Gasteiger partial charge in [0.2, 0.25) is 0 Å². The average molecular weight is 203 g/mol. The Hall–Kier alpha value is -1.09. The second-order valence-electron chi connectivity index (χ2n) is 4.89. The van der Waals surface area contributed by atoms with Crippen LogP contribution in [0, 0.1) is 5.92 Å². The number of nitrogens with zero attached hydrogens (tertiary/aromatic N) is 1. The van der Waals surface area contributed by atoms with E-state index in [1.165, 1.54) is 12.8 Å². The maximum Gasteiger partial charge on any atom is 0.126 e. The minimum absolute atomic E-state index is 0.114. The Morgan fingerprint density at radius 3 is 2.87 bits per heavy atom. The zero-order valence-corrected chi connectivity index (χ0v) is 8.87. The zero-order chi connectivity index (χ0) is 10.3. The number of rotatable bonds is 4. The van der Waals surface area contributed by atoms with Crippen molar-refractivity contribution in [2.75, 3.05) is 11.9 Å². The highest BCUT2D eigenvalue weighted by atomic mass is 15.0. The van der Waals surface area contributed by atoms with E-state index >= 15 is 0 Å². The van der Waals surface area contributed by atoms with Crippen molar-refractivity contribution in [3.63, 3.8) is 0 Å². The van der Waals surface area contributed by atoms with Crippen LogP contribution < -0.4 is 11.1 Å². The van der Waals surface area contributed by atoms with Crippen molar-refractivity contribution >= 4 is 5.82 Å². The van der Waals surface area contributed by atoms with Crippen LogP contribution in [0.1, 0.15) is 31.4 Å². The summed E-state index contributed by atoms with van der Waals surface area (Å²) in [4.78, 5) is 4.57. The molecule has 3 heteroatoms. The van der Waals surface area contributed by atoms with E-state index in [4.69, 9.17) is 5.73 Å². The summed E-state index contributed by atoms with van der Waals surface area (Å²) in [5.74, 6) is 1.86. The molecule has 3 rings (SSSR count). The largest absolute Gasteiger partial charge is 0.370 e. The molecule has 15 heavy (non-hydrogen) atoms. The maximum atomic E-state index is 6.11. The van der Waals surface area contributed by atoms with Crippen molar-refractivity contribution in [2.45, 2.75) is 31.2 Å². The Balaban J connectivity index is 1.71. The van der Waals surface area contributed by atoms with Gasteiger partial charge >= 0.3 is 0 Å². The number of nitrogens with one attached hydrogen (secondary N) is 1. The molecule has 0 amide bonds. The lowest BCUT2D eigenvalue weighted by Crippen LogP contribution is -2.20. The fourth-order valence-electron chi connectivity index (χ4n) is 1.77. The number of aromatic nitrogens is 1. The molecule has 0 spiro atoms. The van der Waals surface area contributed by atoms with Crippen LogP contribution in [0.15, 0.2) is 18.2 Å². The van der Waals surface area contributed by atoms with Gasteiger partial charge in [-0.15, -0.1) is 0 Å². The molecule has 3 nitrogen and oxygen atoms in total. The van der Waals surface area contributed by atoms with Crippen molar-refractivity contribution in [1.29, 1.82) is 0 Å². The predicted molar refractivity (Wildman–Crippen MR) is 60.6 cm³/mol. The predicted octanol–water partition coefficient (Wildman–Crippen LogP) is 1.85. The van der Waals surface area contributed by atoms with Crippen LogP contribution in [-0.2, 0) is 5.54 Å². The van der Waals surface area contributed by atoms with Gasteiger partial charge in [0.05, 0.1) is 11.2 Å². The van der Waals surface area contributed by atoms with Crippen LogP contribution in [0.25, 0.3) is 0 Å². The number of hydrogen-bond donors (Lipinski definition) is 2. The summed E-state index contributed by atoms with van der Waals surface area (Å²) in [6.07, 6.45) is 4.89. The quantitative estimate of drug-likeness (QED) is 0.785. The molecule has 2 fully saturated rings. The van der Waals surface area contributed by atoms with Gasteiger partial charge in [-0.1, -0.05) is 6.07 Å². The van der Waals surface area contributed by atoms with Crippen molar-refractivity contribution in [3.05, 3.63) is 23.9 Å². The van der Waals surface area contributed by atoms with Gasteiger partial charge in [0, 0.05) is 6.54 Å². The maximum absolute atomic E-state index is 6.11. The van der Waals surface area contributed by atoms with Crippen LogP contribution in [0.2, 0.25) is 0 Å². The van der Waals surface area contributed by atoms with E-state index in [2.05, 4.69) is 10.3 Å². The van der Waals surface area contributed by atoms with Gasteiger partial charge in [-0.25, -0.2) is 4.98 Å². The SMILES string of the molecule is NC1(c2cccc(NCC3CC3)n2)CC1. The topological polar surface area (TPSA) is 50.9 Å². The molecule has 0 aromatic carbocycles. The second-order valence-corrected chi connectivity index (χ2v) is 4.89. The summed E-state index contributed by atoms with van der Waals surface area (Å²) in [5, 5.41) is 3.38. The van der Waals surface area contributed by atoms with Gasteiger partial charge in [0.1, 0.15) is 5.82 Å². The molecule has 1 heterocycles. The van der Waals surface area contributed by atoms with E-state index in [0.717, 1.165) is 36.8 Å².